The zero-order valence-corrected chi connectivity index (χ0v) is 13.4. The average Bonchev–Trinajstić information content (AvgIpc) is 2.47. The predicted molar refractivity (Wildman–Crippen MR) is 90.6 cm³/mol. The Hall–Kier alpha value is -1.67. The highest BCUT2D eigenvalue weighted by atomic mass is 35.5. The van der Waals surface area contributed by atoms with Crippen LogP contribution in [0.3, 0.4) is 0 Å². The summed E-state index contributed by atoms with van der Waals surface area (Å²) >= 11 is 5.83. The van der Waals surface area contributed by atoms with E-state index in [0.29, 0.717) is 0 Å². The Kier molecular flexibility index (Phi) is 5.94. The average molecular weight is 304 g/mol. The van der Waals surface area contributed by atoms with Gasteiger partial charge in [0.25, 0.3) is 0 Å². The fraction of sp³-hybridized carbons (Fsp3) is 0.333. The minimum absolute atomic E-state index is 0.732. The number of nitrogens with one attached hydrogen (secondary N) is 1. The number of aryl methyl sites for hydroxylation is 2. The molecule has 2 aromatic rings. The van der Waals surface area contributed by atoms with Crippen LogP contribution in [0, 0.1) is 13.8 Å². The van der Waals surface area contributed by atoms with Crippen molar-refractivity contribution in [3.63, 3.8) is 0 Å². The van der Waals surface area contributed by atoms with Crippen LogP contribution in [0.2, 0.25) is 5.02 Å². The summed E-state index contributed by atoms with van der Waals surface area (Å²) in [6, 6.07) is 13.9. The molecule has 21 heavy (non-hydrogen) atoms. The van der Waals surface area contributed by atoms with Crippen LogP contribution >= 0.6 is 11.6 Å². The number of unbranched alkanes of at least 4 members (excludes halogenated alkanes) is 1. The number of halogens is 1. The Bertz CT molecular complexity index is 546. The molecular weight excluding hydrogens is 282 g/mol. The topological polar surface area (TPSA) is 21.3 Å². The lowest BCUT2D eigenvalue weighted by Gasteiger charge is -2.12. The van der Waals surface area contributed by atoms with Gasteiger partial charge >= 0.3 is 0 Å². The Labute approximate surface area is 132 Å². The number of benzene rings is 2. The van der Waals surface area contributed by atoms with Crippen LogP contribution in [0.4, 0.5) is 5.69 Å². The molecule has 1 N–H and O–H groups in total. The van der Waals surface area contributed by atoms with Crippen molar-refractivity contribution in [2.75, 3.05) is 18.5 Å². The summed E-state index contributed by atoms with van der Waals surface area (Å²) in [5.74, 6) is 0.877. The van der Waals surface area contributed by atoms with Crippen LogP contribution < -0.4 is 10.1 Å². The molecule has 0 saturated carbocycles. The lowest BCUT2D eigenvalue weighted by molar-refractivity contribution is 0.308. The monoisotopic (exact) mass is 303 g/mol. The molecule has 2 nitrogen and oxygen atoms in total. The van der Waals surface area contributed by atoms with Crippen molar-refractivity contribution in [1.29, 1.82) is 0 Å². The number of anilines is 1. The summed E-state index contributed by atoms with van der Waals surface area (Å²) in [6.07, 6.45) is 2.11. The van der Waals surface area contributed by atoms with Gasteiger partial charge in [-0.3, -0.25) is 0 Å². The van der Waals surface area contributed by atoms with E-state index in [1.54, 1.807) is 0 Å². The largest absolute Gasteiger partial charge is 0.494 e. The summed E-state index contributed by atoms with van der Waals surface area (Å²) < 4.78 is 5.67. The van der Waals surface area contributed by atoms with Gasteiger partial charge in [-0.05, 0) is 62.1 Å². The van der Waals surface area contributed by atoms with Gasteiger partial charge < -0.3 is 10.1 Å². The Morgan fingerprint density at radius 2 is 1.62 bits per heavy atom. The molecule has 0 heterocycles. The summed E-state index contributed by atoms with van der Waals surface area (Å²) in [5, 5.41) is 4.25. The molecule has 0 atom stereocenters. The molecule has 0 aromatic heterocycles. The highest BCUT2D eigenvalue weighted by molar-refractivity contribution is 6.30. The molecule has 0 saturated heterocycles. The molecule has 0 fully saturated rings. The van der Waals surface area contributed by atoms with Crippen LogP contribution in [-0.2, 0) is 0 Å². The van der Waals surface area contributed by atoms with Gasteiger partial charge in [0.15, 0.2) is 0 Å². The van der Waals surface area contributed by atoms with Gasteiger partial charge in [-0.15, -0.1) is 0 Å². The van der Waals surface area contributed by atoms with Gasteiger partial charge in [0.05, 0.1) is 6.61 Å². The van der Waals surface area contributed by atoms with Crippen molar-refractivity contribution in [3.8, 4) is 5.75 Å². The van der Waals surface area contributed by atoms with E-state index >= 15 is 0 Å². The maximum Gasteiger partial charge on any atom is 0.119 e. The Morgan fingerprint density at radius 3 is 2.29 bits per heavy atom. The molecule has 0 amide bonds. The minimum Gasteiger partial charge on any atom is -0.494 e. The van der Waals surface area contributed by atoms with Crippen molar-refractivity contribution in [2.45, 2.75) is 26.7 Å². The van der Waals surface area contributed by atoms with E-state index in [4.69, 9.17) is 16.3 Å². The van der Waals surface area contributed by atoms with Gasteiger partial charge in [0, 0.05) is 17.3 Å². The normalized spacial score (nSPS) is 10.4. The second-order valence-corrected chi connectivity index (χ2v) is 5.64. The van der Waals surface area contributed by atoms with E-state index in [1.807, 2.05) is 24.3 Å². The fourth-order valence-electron chi connectivity index (χ4n) is 2.25. The maximum absolute atomic E-state index is 5.83. The second kappa shape index (κ2) is 7.94. The third-order valence-electron chi connectivity index (χ3n) is 3.44. The van der Waals surface area contributed by atoms with Crippen LogP contribution in [0.15, 0.2) is 42.5 Å². The summed E-state index contributed by atoms with van der Waals surface area (Å²) in [7, 11) is 0. The fourth-order valence-corrected chi connectivity index (χ4v) is 2.38. The third kappa shape index (κ3) is 4.98. The molecule has 0 radical (unpaired) electrons. The standard InChI is InChI=1S/C18H22ClNO/c1-14-6-5-7-15(2)18(14)20-12-3-4-13-21-17-10-8-16(19)9-11-17/h5-11,20H,3-4,12-13H2,1-2H3. The number of para-hydroxylation sites is 1. The van der Waals surface area contributed by atoms with Crippen LogP contribution in [-0.4, -0.2) is 13.2 Å². The highest BCUT2D eigenvalue weighted by Gasteiger charge is 2.00. The summed E-state index contributed by atoms with van der Waals surface area (Å²) in [5.41, 5.74) is 3.86. The molecule has 0 spiro atoms. The van der Waals surface area contributed by atoms with E-state index in [0.717, 1.165) is 36.8 Å². The van der Waals surface area contributed by atoms with Gasteiger partial charge in [-0.1, -0.05) is 29.8 Å². The molecular formula is C18H22ClNO. The first-order valence-electron chi connectivity index (χ1n) is 7.35. The molecule has 2 rings (SSSR count). The molecule has 3 heteroatoms. The van der Waals surface area contributed by atoms with Crippen LogP contribution in [0.1, 0.15) is 24.0 Å². The lowest BCUT2D eigenvalue weighted by atomic mass is 10.1. The first-order valence-corrected chi connectivity index (χ1v) is 7.73. The highest BCUT2D eigenvalue weighted by Crippen LogP contribution is 2.19. The minimum atomic E-state index is 0.732. The third-order valence-corrected chi connectivity index (χ3v) is 3.69. The zero-order valence-electron chi connectivity index (χ0n) is 12.7. The van der Waals surface area contributed by atoms with Crippen molar-refractivity contribution in [3.05, 3.63) is 58.6 Å². The Morgan fingerprint density at radius 1 is 0.952 bits per heavy atom. The number of rotatable bonds is 7. The van der Waals surface area contributed by atoms with Crippen molar-refractivity contribution >= 4 is 17.3 Å². The second-order valence-electron chi connectivity index (χ2n) is 5.20. The molecule has 0 aliphatic rings. The predicted octanol–water partition coefficient (Wildman–Crippen LogP) is 5.23. The van der Waals surface area contributed by atoms with Crippen molar-refractivity contribution in [1.82, 2.24) is 0 Å². The van der Waals surface area contributed by atoms with Gasteiger partial charge in [0.2, 0.25) is 0 Å². The maximum atomic E-state index is 5.83. The molecule has 0 aliphatic carbocycles. The molecule has 112 valence electrons. The van der Waals surface area contributed by atoms with Crippen LogP contribution in [0.25, 0.3) is 0 Å². The van der Waals surface area contributed by atoms with Crippen LogP contribution in [0.5, 0.6) is 5.75 Å². The van der Waals surface area contributed by atoms with Crippen molar-refractivity contribution < 1.29 is 4.74 Å². The number of hydrogen-bond donors (Lipinski definition) is 1. The number of ether oxygens (including phenoxy) is 1. The van der Waals surface area contributed by atoms with Crippen molar-refractivity contribution in [2.24, 2.45) is 0 Å². The van der Waals surface area contributed by atoms with Gasteiger partial charge in [-0.25, -0.2) is 0 Å². The first kappa shape index (κ1) is 15.7. The zero-order chi connectivity index (χ0) is 15.1. The van der Waals surface area contributed by atoms with Gasteiger partial charge in [0.1, 0.15) is 5.75 Å². The smallest absolute Gasteiger partial charge is 0.119 e. The lowest BCUT2D eigenvalue weighted by Crippen LogP contribution is -2.06. The molecule has 2 aromatic carbocycles. The summed E-state index contributed by atoms with van der Waals surface area (Å²) in [6.45, 7) is 5.98. The van der Waals surface area contributed by atoms with Gasteiger partial charge in [-0.2, -0.15) is 0 Å². The quantitative estimate of drug-likeness (QED) is 0.707. The molecule has 0 bridgehead atoms. The Balaban J connectivity index is 1.65. The van der Waals surface area contributed by atoms with E-state index in [2.05, 4.69) is 37.4 Å². The molecule has 0 aliphatic heterocycles. The SMILES string of the molecule is Cc1cccc(C)c1NCCCCOc1ccc(Cl)cc1. The summed E-state index contributed by atoms with van der Waals surface area (Å²) in [4.78, 5) is 0. The number of hydrogen-bond acceptors (Lipinski definition) is 2. The molecule has 0 unspecified atom stereocenters. The van der Waals surface area contributed by atoms with E-state index in [9.17, 15) is 0 Å². The van der Waals surface area contributed by atoms with E-state index < -0.39 is 0 Å². The van der Waals surface area contributed by atoms with E-state index in [1.165, 1.54) is 16.8 Å². The van der Waals surface area contributed by atoms with E-state index in [-0.39, 0.29) is 0 Å². The first-order chi connectivity index (χ1) is 10.2.